The van der Waals surface area contributed by atoms with Gasteiger partial charge >= 0.3 is 0 Å². The molecule has 7 nitrogen and oxygen atoms in total. The highest BCUT2D eigenvalue weighted by atomic mass is 35.5. The number of aromatic nitrogens is 4. The minimum atomic E-state index is -0.336. The van der Waals surface area contributed by atoms with Crippen LogP contribution in [0.2, 0.25) is 10.0 Å². The van der Waals surface area contributed by atoms with Gasteiger partial charge in [0.2, 0.25) is 0 Å². The lowest BCUT2D eigenvalue weighted by atomic mass is 10.1. The minimum absolute atomic E-state index is 0.0636. The Kier molecular flexibility index (Phi) is 6.54. The molecule has 158 valence electrons. The fraction of sp³-hybridized carbons (Fsp3) is 0.136. The first-order chi connectivity index (χ1) is 15.1. The number of nitrogens with one attached hydrogen (secondary N) is 1. The van der Waals surface area contributed by atoms with Crippen molar-refractivity contribution in [2.24, 2.45) is 0 Å². The van der Waals surface area contributed by atoms with E-state index in [0.717, 1.165) is 13.0 Å². The number of hydrogen-bond donors (Lipinski definition) is 1. The molecule has 0 aliphatic heterocycles. The number of rotatable bonds is 8. The van der Waals surface area contributed by atoms with Crippen LogP contribution in [0.3, 0.4) is 0 Å². The summed E-state index contributed by atoms with van der Waals surface area (Å²) in [6, 6.07) is 16.9. The molecule has 0 bridgehead atoms. The van der Waals surface area contributed by atoms with Gasteiger partial charge in [-0.3, -0.25) is 9.48 Å². The second-order valence-electron chi connectivity index (χ2n) is 6.75. The van der Waals surface area contributed by atoms with Gasteiger partial charge in [0.25, 0.3) is 5.91 Å². The molecule has 0 spiro atoms. The van der Waals surface area contributed by atoms with Crippen LogP contribution in [-0.2, 0) is 19.7 Å². The zero-order valence-electron chi connectivity index (χ0n) is 16.4. The van der Waals surface area contributed by atoms with Gasteiger partial charge in [-0.25, -0.2) is 4.68 Å². The molecule has 0 saturated carbocycles. The normalized spacial score (nSPS) is 10.8. The van der Waals surface area contributed by atoms with Crippen LogP contribution in [0.15, 0.2) is 73.2 Å². The maximum atomic E-state index is 12.5. The average Bonchev–Trinajstić information content (AvgIpc) is 3.42. The standard InChI is InChI=1S/C22H19Cl2N5O2/c23-18-7-4-8-19(24)21(18)31-15-29-12-10-20(27-29)22(30)26-17-13-25-28(14-17)11-9-16-5-2-1-3-6-16/h1-8,10,12-14H,9,11,15H2,(H,26,30). The summed E-state index contributed by atoms with van der Waals surface area (Å²) in [7, 11) is 0. The molecule has 0 aliphatic carbocycles. The molecule has 2 aromatic carbocycles. The summed E-state index contributed by atoms with van der Waals surface area (Å²) in [6.45, 7) is 0.782. The van der Waals surface area contributed by atoms with Crippen LogP contribution >= 0.6 is 23.2 Å². The molecule has 31 heavy (non-hydrogen) atoms. The molecule has 0 atom stereocenters. The number of halogens is 2. The van der Waals surface area contributed by atoms with Crippen molar-refractivity contribution in [3.63, 3.8) is 0 Å². The number of ether oxygens (including phenoxy) is 1. The number of hydrogen-bond acceptors (Lipinski definition) is 4. The van der Waals surface area contributed by atoms with Gasteiger partial charge in [0.1, 0.15) is 0 Å². The molecule has 2 heterocycles. The number of para-hydroxylation sites is 1. The number of aryl methyl sites for hydroxylation is 2. The van der Waals surface area contributed by atoms with Crippen LogP contribution in [0.4, 0.5) is 5.69 Å². The second kappa shape index (κ2) is 9.68. The summed E-state index contributed by atoms with van der Waals surface area (Å²) in [5.74, 6) is 0.0346. The molecule has 0 fully saturated rings. The van der Waals surface area contributed by atoms with Crippen molar-refractivity contribution >= 4 is 34.8 Å². The van der Waals surface area contributed by atoms with Crippen LogP contribution in [-0.4, -0.2) is 25.5 Å². The highest BCUT2D eigenvalue weighted by Crippen LogP contribution is 2.32. The first-order valence-corrected chi connectivity index (χ1v) is 10.3. The van der Waals surface area contributed by atoms with Crippen LogP contribution in [0.25, 0.3) is 0 Å². The van der Waals surface area contributed by atoms with Crippen LogP contribution < -0.4 is 10.1 Å². The van der Waals surface area contributed by atoms with E-state index in [0.29, 0.717) is 21.5 Å². The first-order valence-electron chi connectivity index (χ1n) is 9.56. The van der Waals surface area contributed by atoms with E-state index in [1.807, 2.05) is 18.2 Å². The predicted molar refractivity (Wildman–Crippen MR) is 120 cm³/mol. The van der Waals surface area contributed by atoms with E-state index in [1.54, 1.807) is 47.5 Å². The Balaban J connectivity index is 1.31. The Hall–Kier alpha value is -3.29. The number of carbonyl (C=O) groups excluding carboxylic acids is 1. The molecule has 0 aliphatic rings. The van der Waals surface area contributed by atoms with Crippen molar-refractivity contribution in [3.05, 3.63) is 94.5 Å². The average molecular weight is 456 g/mol. The van der Waals surface area contributed by atoms with Gasteiger partial charge in [0.05, 0.1) is 21.9 Å². The molecular formula is C22H19Cl2N5O2. The lowest BCUT2D eigenvalue weighted by Gasteiger charge is -2.09. The first kappa shape index (κ1) is 21.0. The molecule has 0 saturated heterocycles. The van der Waals surface area contributed by atoms with Crippen molar-refractivity contribution in [3.8, 4) is 5.75 Å². The second-order valence-corrected chi connectivity index (χ2v) is 7.56. The van der Waals surface area contributed by atoms with E-state index >= 15 is 0 Å². The zero-order valence-corrected chi connectivity index (χ0v) is 17.9. The minimum Gasteiger partial charge on any atom is -0.468 e. The Morgan fingerprint density at radius 3 is 2.55 bits per heavy atom. The van der Waals surface area contributed by atoms with Gasteiger partial charge in [-0.1, -0.05) is 59.6 Å². The number of anilines is 1. The van der Waals surface area contributed by atoms with E-state index in [1.165, 1.54) is 10.2 Å². The molecule has 1 amide bonds. The van der Waals surface area contributed by atoms with E-state index in [9.17, 15) is 4.79 Å². The van der Waals surface area contributed by atoms with Gasteiger partial charge in [-0.15, -0.1) is 0 Å². The summed E-state index contributed by atoms with van der Waals surface area (Å²) in [5.41, 5.74) is 2.09. The quantitative estimate of drug-likeness (QED) is 0.409. The van der Waals surface area contributed by atoms with Crippen molar-refractivity contribution in [2.75, 3.05) is 5.32 Å². The van der Waals surface area contributed by atoms with Crippen LogP contribution in [0, 0.1) is 0 Å². The third-order valence-electron chi connectivity index (χ3n) is 4.50. The Morgan fingerprint density at radius 1 is 1.00 bits per heavy atom. The molecule has 4 aromatic rings. The Bertz CT molecular complexity index is 1150. The van der Waals surface area contributed by atoms with Crippen LogP contribution in [0.5, 0.6) is 5.75 Å². The molecule has 1 N–H and O–H groups in total. The predicted octanol–water partition coefficient (Wildman–Crippen LogP) is 4.92. The molecular weight excluding hydrogens is 437 g/mol. The Labute approximate surface area is 189 Å². The van der Waals surface area contributed by atoms with Gasteiger partial charge in [0, 0.05) is 18.9 Å². The molecule has 2 aromatic heterocycles. The smallest absolute Gasteiger partial charge is 0.276 e. The maximum Gasteiger partial charge on any atom is 0.276 e. The van der Waals surface area contributed by atoms with Crippen molar-refractivity contribution in [1.29, 1.82) is 0 Å². The van der Waals surface area contributed by atoms with Crippen molar-refractivity contribution in [1.82, 2.24) is 19.6 Å². The summed E-state index contributed by atoms with van der Waals surface area (Å²) in [5, 5.41) is 12.1. The largest absolute Gasteiger partial charge is 0.468 e. The number of amides is 1. The number of benzene rings is 2. The third kappa shape index (κ3) is 5.45. The van der Waals surface area contributed by atoms with Crippen molar-refractivity contribution in [2.45, 2.75) is 19.7 Å². The lowest BCUT2D eigenvalue weighted by Crippen LogP contribution is -2.14. The maximum absolute atomic E-state index is 12.5. The monoisotopic (exact) mass is 455 g/mol. The highest BCUT2D eigenvalue weighted by Gasteiger charge is 2.12. The molecule has 0 radical (unpaired) electrons. The molecule has 4 rings (SSSR count). The zero-order chi connectivity index (χ0) is 21.6. The molecule has 9 heteroatoms. The van der Waals surface area contributed by atoms with E-state index < -0.39 is 0 Å². The van der Waals surface area contributed by atoms with Gasteiger partial charge in [-0.2, -0.15) is 10.2 Å². The number of carbonyl (C=O) groups is 1. The number of nitrogens with zero attached hydrogens (tertiary/aromatic N) is 4. The van der Waals surface area contributed by atoms with E-state index in [2.05, 4.69) is 27.6 Å². The SMILES string of the molecule is O=C(Nc1cnn(CCc2ccccc2)c1)c1ccn(COc2c(Cl)cccc2Cl)n1. The van der Waals surface area contributed by atoms with Crippen LogP contribution in [0.1, 0.15) is 16.1 Å². The summed E-state index contributed by atoms with van der Waals surface area (Å²) >= 11 is 12.2. The summed E-state index contributed by atoms with van der Waals surface area (Å²) < 4.78 is 8.90. The van der Waals surface area contributed by atoms with Gasteiger partial charge < -0.3 is 10.1 Å². The molecule has 0 unspecified atom stereocenters. The highest BCUT2D eigenvalue weighted by molar-refractivity contribution is 6.37. The fourth-order valence-corrected chi connectivity index (χ4v) is 3.45. The van der Waals surface area contributed by atoms with Gasteiger partial charge in [0.15, 0.2) is 18.2 Å². The van der Waals surface area contributed by atoms with Crippen molar-refractivity contribution < 1.29 is 9.53 Å². The Morgan fingerprint density at radius 2 is 1.77 bits per heavy atom. The van der Waals surface area contributed by atoms with E-state index in [-0.39, 0.29) is 18.3 Å². The van der Waals surface area contributed by atoms with Gasteiger partial charge in [-0.05, 0) is 30.2 Å². The summed E-state index contributed by atoms with van der Waals surface area (Å²) in [6.07, 6.45) is 5.90. The fourth-order valence-electron chi connectivity index (χ4n) is 2.94. The third-order valence-corrected chi connectivity index (χ3v) is 5.09. The summed E-state index contributed by atoms with van der Waals surface area (Å²) in [4.78, 5) is 12.5. The van der Waals surface area contributed by atoms with E-state index in [4.69, 9.17) is 27.9 Å². The lowest BCUT2D eigenvalue weighted by molar-refractivity contribution is 0.102. The topological polar surface area (TPSA) is 74.0 Å².